The molecule has 7 rings (SSSR count). The summed E-state index contributed by atoms with van der Waals surface area (Å²) in [5, 5.41) is 2.23. The van der Waals surface area contributed by atoms with Crippen LogP contribution in [0.3, 0.4) is 0 Å². The molecule has 0 radical (unpaired) electrons. The predicted octanol–water partition coefficient (Wildman–Crippen LogP) is 7.09. The summed E-state index contributed by atoms with van der Waals surface area (Å²) < 4.78 is 11.5. The highest BCUT2D eigenvalue weighted by Gasteiger charge is 2.19. The molecule has 0 aliphatic carbocycles. The first-order valence-corrected chi connectivity index (χ1v) is 10.6. The van der Waals surface area contributed by atoms with Crippen LogP contribution in [0.15, 0.2) is 93.8 Å². The summed E-state index contributed by atoms with van der Waals surface area (Å²) in [6, 6.07) is 29.1. The van der Waals surface area contributed by atoms with Gasteiger partial charge in [-0.2, -0.15) is 0 Å². The molecule has 30 heavy (non-hydrogen) atoms. The van der Waals surface area contributed by atoms with E-state index in [1.807, 2.05) is 30.3 Å². The van der Waals surface area contributed by atoms with Crippen LogP contribution in [-0.2, 0) is 0 Å². The molecule has 5 heteroatoms. The van der Waals surface area contributed by atoms with E-state index < -0.39 is 0 Å². The number of fused-ring (bicyclic) bond motifs is 8. The van der Waals surface area contributed by atoms with Gasteiger partial charge in [0.2, 0.25) is 5.78 Å². The van der Waals surface area contributed by atoms with Gasteiger partial charge in [-0.05, 0) is 64.5 Å². The molecule has 0 saturated carbocycles. The van der Waals surface area contributed by atoms with Crippen LogP contribution in [0, 0.1) is 0 Å². The number of para-hydroxylation sites is 4. The summed E-state index contributed by atoms with van der Waals surface area (Å²) in [4.78, 5) is 4.98. The van der Waals surface area contributed by atoms with Crippen LogP contribution in [0.2, 0.25) is 0 Å². The molecular weight excluding hydrogens is 438 g/mol. The van der Waals surface area contributed by atoms with Gasteiger partial charge in [0.1, 0.15) is 11.2 Å². The Balaban J connectivity index is 1.67. The maximum atomic E-state index is 6.03. The van der Waals surface area contributed by atoms with Crippen LogP contribution < -0.4 is 0 Å². The molecule has 4 aromatic carbocycles. The fourth-order valence-corrected chi connectivity index (χ4v) is 5.04. The molecule has 4 nitrogen and oxygen atoms in total. The first-order valence-electron chi connectivity index (χ1n) is 9.77. The van der Waals surface area contributed by atoms with Crippen molar-refractivity contribution in [3.8, 4) is 5.69 Å². The van der Waals surface area contributed by atoms with Gasteiger partial charge in [-0.3, -0.25) is 8.97 Å². The number of aromatic nitrogens is 3. The van der Waals surface area contributed by atoms with E-state index in [-0.39, 0.29) is 0 Å². The molecule has 3 heterocycles. The zero-order valence-corrected chi connectivity index (χ0v) is 17.3. The molecule has 0 spiro atoms. The van der Waals surface area contributed by atoms with Gasteiger partial charge in [-0.25, -0.2) is 4.98 Å². The van der Waals surface area contributed by atoms with E-state index in [1.54, 1.807) is 0 Å². The Kier molecular flexibility index (Phi) is 3.11. The molecule has 0 aliphatic rings. The van der Waals surface area contributed by atoms with Gasteiger partial charge in [0.15, 0.2) is 0 Å². The summed E-state index contributed by atoms with van der Waals surface area (Å²) in [5.74, 6) is 0.894. The average Bonchev–Trinajstić information content (AvgIpc) is 3.42. The van der Waals surface area contributed by atoms with Crippen LogP contribution in [-0.4, -0.2) is 14.0 Å². The minimum atomic E-state index is 0.891. The predicted molar refractivity (Wildman–Crippen MR) is 125 cm³/mol. The molecule has 0 aliphatic heterocycles. The summed E-state index contributed by atoms with van der Waals surface area (Å²) in [6.45, 7) is 0. The summed E-state index contributed by atoms with van der Waals surface area (Å²) in [5.41, 5.74) is 7.14. The number of imidazole rings is 2. The van der Waals surface area contributed by atoms with Crippen LogP contribution >= 0.6 is 15.9 Å². The van der Waals surface area contributed by atoms with E-state index in [1.165, 1.54) is 0 Å². The smallest absolute Gasteiger partial charge is 0.220 e. The summed E-state index contributed by atoms with van der Waals surface area (Å²) in [7, 11) is 0. The highest BCUT2D eigenvalue weighted by atomic mass is 79.9. The molecule has 0 bridgehead atoms. The van der Waals surface area contributed by atoms with E-state index in [9.17, 15) is 0 Å². The number of nitrogens with zero attached hydrogens (tertiary/aromatic N) is 3. The minimum absolute atomic E-state index is 0.891. The number of benzene rings is 4. The average molecular weight is 452 g/mol. The summed E-state index contributed by atoms with van der Waals surface area (Å²) in [6.07, 6.45) is 0. The van der Waals surface area contributed by atoms with Gasteiger partial charge < -0.3 is 4.42 Å². The van der Waals surface area contributed by atoms with E-state index in [0.717, 1.165) is 59.9 Å². The lowest BCUT2D eigenvalue weighted by atomic mass is 10.1. The largest absolute Gasteiger partial charge is 0.456 e. The first kappa shape index (κ1) is 16.3. The molecule has 0 atom stereocenters. The van der Waals surface area contributed by atoms with E-state index in [0.29, 0.717) is 0 Å². The Morgan fingerprint density at radius 1 is 0.733 bits per heavy atom. The normalized spacial score (nSPS) is 12.2. The Bertz CT molecular complexity index is 1770. The zero-order valence-electron chi connectivity index (χ0n) is 15.7. The quantitative estimate of drug-likeness (QED) is 0.267. The van der Waals surface area contributed by atoms with Crippen LogP contribution in [0.1, 0.15) is 0 Å². The molecule has 7 aromatic rings. The van der Waals surface area contributed by atoms with Crippen molar-refractivity contribution >= 4 is 65.7 Å². The zero-order chi connectivity index (χ0) is 19.8. The van der Waals surface area contributed by atoms with E-state index in [2.05, 4.69) is 79.5 Å². The minimum Gasteiger partial charge on any atom is -0.456 e. The molecule has 0 saturated heterocycles. The van der Waals surface area contributed by atoms with Crippen molar-refractivity contribution in [3.63, 3.8) is 0 Å². The van der Waals surface area contributed by atoms with Crippen molar-refractivity contribution in [2.45, 2.75) is 0 Å². The standard InChI is InChI=1S/C25H14BrN3O/c26-18-7-5-10-21-24(18)29-20-9-3-2-8-19(20)27-25(29)28(21)15-12-13-23-17(14-15)16-6-1-4-11-22(16)30-23/h1-14H. The van der Waals surface area contributed by atoms with Gasteiger partial charge in [0.05, 0.1) is 27.8 Å². The lowest BCUT2D eigenvalue weighted by Gasteiger charge is -2.05. The number of halogens is 1. The van der Waals surface area contributed by atoms with Crippen molar-refractivity contribution in [2.24, 2.45) is 0 Å². The van der Waals surface area contributed by atoms with Crippen LogP contribution in [0.25, 0.3) is 55.5 Å². The molecular formula is C25H14BrN3O. The molecule has 3 aromatic heterocycles. The molecule has 142 valence electrons. The number of hydrogen-bond acceptors (Lipinski definition) is 2. The van der Waals surface area contributed by atoms with Crippen LogP contribution in [0.5, 0.6) is 0 Å². The van der Waals surface area contributed by atoms with Gasteiger partial charge in [-0.15, -0.1) is 0 Å². The van der Waals surface area contributed by atoms with Crippen molar-refractivity contribution in [3.05, 3.63) is 89.4 Å². The maximum absolute atomic E-state index is 6.03. The third-order valence-corrected chi connectivity index (χ3v) is 6.43. The van der Waals surface area contributed by atoms with Crippen molar-refractivity contribution < 1.29 is 4.42 Å². The third kappa shape index (κ3) is 2.02. The SMILES string of the molecule is Brc1cccc2c1n1c3ccccc3nc1n2-c1ccc2oc3ccccc3c2c1. The highest BCUT2D eigenvalue weighted by Crippen LogP contribution is 2.35. The summed E-state index contributed by atoms with van der Waals surface area (Å²) >= 11 is 3.76. The molecule has 0 N–H and O–H groups in total. The van der Waals surface area contributed by atoms with Crippen molar-refractivity contribution in [1.82, 2.24) is 14.0 Å². The van der Waals surface area contributed by atoms with Crippen molar-refractivity contribution in [2.75, 3.05) is 0 Å². The van der Waals surface area contributed by atoms with E-state index >= 15 is 0 Å². The first-order chi connectivity index (χ1) is 14.8. The molecule has 0 fully saturated rings. The van der Waals surface area contributed by atoms with Gasteiger partial charge in [-0.1, -0.05) is 36.4 Å². The highest BCUT2D eigenvalue weighted by molar-refractivity contribution is 9.10. The maximum Gasteiger partial charge on any atom is 0.220 e. The second-order valence-electron chi connectivity index (χ2n) is 7.46. The lowest BCUT2D eigenvalue weighted by Crippen LogP contribution is -1.94. The third-order valence-electron chi connectivity index (χ3n) is 5.79. The number of rotatable bonds is 1. The second-order valence-corrected chi connectivity index (χ2v) is 8.31. The number of hydrogen-bond donors (Lipinski definition) is 0. The Labute approximate surface area is 179 Å². The Morgan fingerprint density at radius 2 is 1.53 bits per heavy atom. The Hall–Kier alpha value is -3.57. The molecule has 0 amide bonds. The lowest BCUT2D eigenvalue weighted by molar-refractivity contribution is 0.669. The second kappa shape index (κ2) is 5.74. The van der Waals surface area contributed by atoms with Crippen molar-refractivity contribution in [1.29, 1.82) is 0 Å². The fraction of sp³-hybridized carbons (Fsp3) is 0. The van der Waals surface area contributed by atoms with E-state index in [4.69, 9.17) is 9.40 Å². The Morgan fingerprint density at radius 3 is 2.50 bits per heavy atom. The topological polar surface area (TPSA) is 35.4 Å². The van der Waals surface area contributed by atoms with Gasteiger partial charge in [0, 0.05) is 15.2 Å². The monoisotopic (exact) mass is 451 g/mol. The van der Waals surface area contributed by atoms with Gasteiger partial charge >= 0.3 is 0 Å². The van der Waals surface area contributed by atoms with Gasteiger partial charge in [0.25, 0.3) is 0 Å². The molecule has 0 unspecified atom stereocenters. The van der Waals surface area contributed by atoms with Crippen LogP contribution in [0.4, 0.5) is 0 Å². The number of furan rings is 1. The fourth-order valence-electron chi connectivity index (χ4n) is 4.50.